The van der Waals surface area contributed by atoms with Crippen molar-refractivity contribution in [3.63, 3.8) is 0 Å². The fourth-order valence-corrected chi connectivity index (χ4v) is 4.76. The second-order valence-corrected chi connectivity index (χ2v) is 7.50. The highest BCUT2D eigenvalue weighted by Crippen LogP contribution is 2.39. The van der Waals surface area contributed by atoms with Gasteiger partial charge < -0.3 is 14.5 Å². The third-order valence-electron chi connectivity index (χ3n) is 5.90. The number of benzene rings is 4. The van der Waals surface area contributed by atoms with Crippen LogP contribution in [-0.2, 0) is 6.67 Å². The van der Waals surface area contributed by atoms with Crippen molar-refractivity contribution in [2.75, 3.05) is 7.05 Å². The number of nitrogens with zero attached hydrogens (tertiary/aromatic N) is 2. The zero-order valence-electron chi connectivity index (χ0n) is 16.3. The number of hydrogen-bond donors (Lipinski definition) is 1. The monoisotopic (exact) mass is 375 g/mol. The number of rotatable bonds is 3. The van der Waals surface area contributed by atoms with E-state index in [9.17, 15) is 0 Å². The Morgan fingerprint density at radius 3 is 1.90 bits per heavy atom. The maximum absolute atomic E-state index is 3.37. The molecule has 2 heterocycles. The molecule has 0 atom stereocenters. The maximum Gasteiger partial charge on any atom is 0.0785 e. The van der Waals surface area contributed by atoms with Gasteiger partial charge in [0.2, 0.25) is 0 Å². The number of nitrogens with one attached hydrogen (secondary N) is 1. The molecule has 3 nitrogen and oxygen atoms in total. The molecule has 0 saturated heterocycles. The van der Waals surface area contributed by atoms with Crippen molar-refractivity contribution in [1.82, 2.24) is 14.5 Å². The first-order valence-electron chi connectivity index (χ1n) is 10.0. The third-order valence-corrected chi connectivity index (χ3v) is 5.90. The van der Waals surface area contributed by atoms with Crippen molar-refractivity contribution in [3.05, 3.63) is 91.0 Å². The Morgan fingerprint density at radius 2 is 1.17 bits per heavy atom. The quantitative estimate of drug-likeness (QED) is 0.398. The molecule has 0 aliphatic rings. The molecular weight excluding hydrogens is 354 g/mol. The van der Waals surface area contributed by atoms with Crippen LogP contribution in [0.2, 0.25) is 0 Å². The first kappa shape index (κ1) is 16.4. The Kier molecular flexibility index (Phi) is 3.52. The first-order chi connectivity index (χ1) is 14.4. The summed E-state index contributed by atoms with van der Waals surface area (Å²) in [7, 11) is 2.01. The Labute approximate surface area is 168 Å². The lowest BCUT2D eigenvalue weighted by molar-refractivity contribution is 0.654. The van der Waals surface area contributed by atoms with Gasteiger partial charge in [-0.3, -0.25) is 0 Å². The number of fused-ring (bicyclic) bond motifs is 7. The molecule has 0 aliphatic carbocycles. The fraction of sp³-hybridized carbons (Fsp3) is 0.0769. The van der Waals surface area contributed by atoms with Crippen molar-refractivity contribution in [1.29, 1.82) is 0 Å². The van der Waals surface area contributed by atoms with Crippen LogP contribution in [0.3, 0.4) is 0 Å². The molecule has 140 valence electrons. The lowest BCUT2D eigenvalue weighted by Crippen LogP contribution is -2.13. The minimum absolute atomic E-state index is 0.763. The molecular formula is C26H21N3. The Hall–Kier alpha value is -3.56. The molecule has 6 rings (SSSR count). The normalized spacial score (nSPS) is 11.9. The largest absolute Gasteiger partial charge is 0.325 e. The number of hydrogen-bond acceptors (Lipinski definition) is 1. The van der Waals surface area contributed by atoms with Crippen LogP contribution in [0.1, 0.15) is 0 Å². The summed E-state index contributed by atoms with van der Waals surface area (Å²) in [4.78, 5) is 0. The topological polar surface area (TPSA) is 21.9 Å². The van der Waals surface area contributed by atoms with Crippen LogP contribution >= 0.6 is 0 Å². The molecule has 1 N–H and O–H groups in total. The Balaban J connectivity index is 1.93. The average Bonchev–Trinajstić information content (AvgIpc) is 3.28. The van der Waals surface area contributed by atoms with E-state index in [1.165, 1.54) is 49.3 Å². The van der Waals surface area contributed by atoms with E-state index in [4.69, 9.17) is 0 Å². The van der Waals surface area contributed by atoms with Gasteiger partial charge in [-0.2, -0.15) is 0 Å². The summed E-state index contributed by atoms with van der Waals surface area (Å²) in [6.07, 6.45) is 0. The van der Waals surface area contributed by atoms with Crippen LogP contribution in [0.25, 0.3) is 49.3 Å². The van der Waals surface area contributed by atoms with Gasteiger partial charge in [-0.05, 0) is 31.3 Å². The van der Waals surface area contributed by atoms with E-state index in [2.05, 4.69) is 105 Å². The zero-order valence-corrected chi connectivity index (χ0v) is 16.3. The first-order valence-corrected chi connectivity index (χ1v) is 10.0. The smallest absolute Gasteiger partial charge is 0.0785 e. The van der Waals surface area contributed by atoms with E-state index in [-0.39, 0.29) is 0 Å². The summed E-state index contributed by atoms with van der Waals surface area (Å²) in [5.74, 6) is 0. The highest BCUT2D eigenvalue weighted by Gasteiger charge is 2.19. The molecule has 3 heteroatoms. The molecule has 0 radical (unpaired) electrons. The van der Waals surface area contributed by atoms with Crippen LogP contribution in [-0.4, -0.2) is 16.2 Å². The molecule has 2 aromatic heterocycles. The lowest BCUT2D eigenvalue weighted by Gasteiger charge is -2.11. The van der Waals surface area contributed by atoms with E-state index in [0.29, 0.717) is 0 Å². The summed E-state index contributed by atoms with van der Waals surface area (Å²) >= 11 is 0. The van der Waals surface area contributed by atoms with E-state index < -0.39 is 0 Å². The van der Waals surface area contributed by atoms with Crippen molar-refractivity contribution in [3.8, 4) is 5.69 Å². The van der Waals surface area contributed by atoms with Crippen LogP contribution in [0.15, 0.2) is 91.0 Å². The average molecular weight is 375 g/mol. The predicted octanol–water partition coefficient (Wildman–Crippen LogP) is 6.07. The molecule has 4 aromatic carbocycles. The maximum atomic E-state index is 3.37. The van der Waals surface area contributed by atoms with Gasteiger partial charge in [0.1, 0.15) is 0 Å². The molecule has 0 unspecified atom stereocenters. The molecule has 6 aromatic rings. The molecule has 29 heavy (non-hydrogen) atoms. The Bertz CT molecular complexity index is 1500. The number of para-hydroxylation sites is 3. The van der Waals surface area contributed by atoms with Gasteiger partial charge >= 0.3 is 0 Å². The molecule has 0 spiro atoms. The molecule has 0 saturated carbocycles. The summed E-state index contributed by atoms with van der Waals surface area (Å²) in [6.45, 7) is 0.763. The molecule has 0 amide bonds. The van der Waals surface area contributed by atoms with E-state index >= 15 is 0 Å². The van der Waals surface area contributed by atoms with Gasteiger partial charge in [-0.25, -0.2) is 0 Å². The molecule has 0 aliphatic heterocycles. The van der Waals surface area contributed by atoms with Gasteiger partial charge in [0.25, 0.3) is 0 Å². The van der Waals surface area contributed by atoms with E-state index in [0.717, 1.165) is 6.67 Å². The van der Waals surface area contributed by atoms with Gasteiger partial charge in [0.05, 0.1) is 28.7 Å². The summed E-state index contributed by atoms with van der Waals surface area (Å²) in [5, 5.41) is 8.53. The highest BCUT2D eigenvalue weighted by atomic mass is 15.1. The van der Waals surface area contributed by atoms with Gasteiger partial charge in [0, 0.05) is 27.2 Å². The lowest BCUT2D eigenvalue weighted by atomic mass is 10.1. The predicted molar refractivity (Wildman–Crippen MR) is 123 cm³/mol. The highest BCUT2D eigenvalue weighted by molar-refractivity contribution is 6.23. The summed E-state index contributed by atoms with van der Waals surface area (Å²) in [6, 6.07) is 32.6. The number of aromatic nitrogens is 2. The Morgan fingerprint density at radius 1 is 0.586 bits per heavy atom. The standard InChI is InChI=1S/C26H21N3/c1-27-17-28-23-13-7-5-11-19(23)21-15-16-22-20-12-6-8-14-24(20)29(26(22)25(21)28)18-9-3-2-4-10-18/h2-16,27H,17H2,1H3. The van der Waals surface area contributed by atoms with Crippen LogP contribution < -0.4 is 5.32 Å². The van der Waals surface area contributed by atoms with Crippen LogP contribution in [0.5, 0.6) is 0 Å². The summed E-state index contributed by atoms with van der Waals surface area (Å²) < 4.78 is 4.82. The van der Waals surface area contributed by atoms with Crippen molar-refractivity contribution in [2.45, 2.75) is 6.67 Å². The fourth-order valence-electron chi connectivity index (χ4n) is 4.76. The summed E-state index contributed by atoms with van der Waals surface area (Å²) in [5.41, 5.74) is 6.23. The second-order valence-electron chi connectivity index (χ2n) is 7.50. The third kappa shape index (κ3) is 2.22. The van der Waals surface area contributed by atoms with E-state index in [1.807, 2.05) is 7.05 Å². The van der Waals surface area contributed by atoms with Gasteiger partial charge in [-0.15, -0.1) is 0 Å². The zero-order chi connectivity index (χ0) is 19.4. The van der Waals surface area contributed by atoms with Crippen LogP contribution in [0.4, 0.5) is 0 Å². The van der Waals surface area contributed by atoms with Crippen molar-refractivity contribution < 1.29 is 0 Å². The van der Waals surface area contributed by atoms with E-state index in [1.54, 1.807) is 0 Å². The minimum atomic E-state index is 0.763. The second kappa shape index (κ2) is 6.23. The van der Waals surface area contributed by atoms with Crippen molar-refractivity contribution in [2.24, 2.45) is 0 Å². The molecule has 0 fully saturated rings. The SMILES string of the molecule is CNCn1c2ccccc2c2ccc3c4ccccc4n(-c4ccccc4)c3c21. The van der Waals surface area contributed by atoms with Crippen LogP contribution in [0, 0.1) is 0 Å². The minimum Gasteiger partial charge on any atom is -0.325 e. The molecule has 0 bridgehead atoms. The van der Waals surface area contributed by atoms with Crippen molar-refractivity contribution >= 4 is 43.6 Å². The van der Waals surface area contributed by atoms with Gasteiger partial charge in [0.15, 0.2) is 0 Å². The van der Waals surface area contributed by atoms with Gasteiger partial charge in [-0.1, -0.05) is 66.7 Å².